The smallest absolute Gasteiger partial charge is 0.328 e. The molecule has 4 atom stereocenters. The van der Waals surface area contributed by atoms with Crippen LogP contribution in [-0.4, -0.2) is 11.1 Å². The van der Waals surface area contributed by atoms with Crippen LogP contribution in [0.2, 0.25) is 0 Å². The van der Waals surface area contributed by atoms with Gasteiger partial charge in [0.2, 0.25) is 0 Å². The molecule has 2 nitrogen and oxygen atoms in total. The SMILES string of the molecule is CC1=CCC[C@@H]2[C@@](C)(CC/C(C)=C\C(=O)O)[C@@H](C)CC[C@]12C. The Labute approximate surface area is 135 Å². The number of fused-ring (bicyclic) bond motifs is 1. The van der Waals surface area contributed by atoms with E-state index in [1.165, 1.54) is 31.8 Å². The van der Waals surface area contributed by atoms with Crippen molar-refractivity contribution >= 4 is 5.97 Å². The molecule has 0 unspecified atom stereocenters. The van der Waals surface area contributed by atoms with E-state index < -0.39 is 5.97 Å². The van der Waals surface area contributed by atoms with Gasteiger partial charge in [0.15, 0.2) is 0 Å². The Morgan fingerprint density at radius 1 is 1.41 bits per heavy atom. The van der Waals surface area contributed by atoms with E-state index in [1.807, 2.05) is 6.92 Å². The van der Waals surface area contributed by atoms with E-state index in [9.17, 15) is 4.79 Å². The quantitative estimate of drug-likeness (QED) is 0.542. The molecule has 2 aliphatic carbocycles. The molecule has 0 heterocycles. The van der Waals surface area contributed by atoms with Crippen LogP contribution in [-0.2, 0) is 4.79 Å². The van der Waals surface area contributed by atoms with Crippen LogP contribution >= 0.6 is 0 Å². The molecular weight excluding hydrogens is 272 g/mol. The first-order chi connectivity index (χ1) is 10.2. The Morgan fingerprint density at radius 2 is 2.09 bits per heavy atom. The lowest BCUT2D eigenvalue weighted by Crippen LogP contribution is -2.49. The van der Waals surface area contributed by atoms with E-state index in [1.54, 1.807) is 5.57 Å². The highest BCUT2D eigenvalue weighted by Crippen LogP contribution is 2.61. The third kappa shape index (κ3) is 3.02. The Kier molecular flexibility index (Phi) is 4.89. The summed E-state index contributed by atoms with van der Waals surface area (Å²) in [7, 11) is 0. The van der Waals surface area contributed by atoms with E-state index >= 15 is 0 Å². The molecule has 0 aromatic heterocycles. The molecule has 0 amide bonds. The topological polar surface area (TPSA) is 37.3 Å². The second-order valence-electron chi connectivity index (χ2n) is 8.21. The van der Waals surface area contributed by atoms with Gasteiger partial charge in [-0.25, -0.2) is 4.79 Å². The summed E-state index contributed by atoms with van der Waals surface area (Å²) in [6.45, 7) is 11.6. The van der Waals surface area contributed by atoms with Gasteiger partial charge in [-0.2, -0.15) is 0 Å². The van der Waals surface area contributed by atoms with Crippen molar-refractivity contribution < 1.29 is 9.90 Å². The van der Waals surface area contributed by atoms with E-state index in [4.69, 9.17) is 5.11 Å². The van der Waals surface area contributed by atoms with Gasteiger partial charge in [-0.15, -0.1) is 0 Å². The standard InChI is InChI=1S/C20H32O2/c1-14(13-18(21)22)9-11-19(4)16(3)10-12-20(5)15(2)7-6-8-17(19)20/h7,13,16-17H,6,8-12H2,1-5H3,(H,21,22)/b14-13-/t16-,17+,19-,20+/m0/s1. The molecule has 2 aliphatic rings. The third-order valence-electron chi connectivity index (χ3n) is 7.02. The summed E-state index contributed by atoms with van der Waals surface area (Å²) in [6.07, 6.45) is 10.9. The molecule has 0 aromatic carbocycles. The Balaban J connectivity index is 2.22. The summed E-state index contributed by atoms with van der Waals surface area (Å²) < 4.78 is 0. The number of hydrogen-bond acceptors (Lipinski definition) is 1. The van der Waals surface area contributed by atoms with Crippen LogP contribution in [0.3, 0.4) is 0 Å². The van der Waals surface area contributed by atoms with Crippen molar-refractivity contribution in [3.63, 3.8) is 0 Å². The average Bonchev–Trinajstić information content (AvgIpc) is 2.43. The fourth-order valence-electron chi connectivity index (χ4n) is 5.08. The van der Waals surface area contributed by atoms with Crippen molar-refractivity contribution in [2.45, 2.75) is 73.1 Å². The molecular formula is C20H32O2. The number of aliphatic carboxylic acids is 1. The zero-order valence-electron chi connectivity index (χ0n) is 14.9. The average molecular weight is 304 g/mol. The van der Waals surface area contributed by atoms with Gasteiger partial charge < -0.3 is 5.11 Å². The lowest BCUT2D eigenvalue weighted by molar-refractivity contribution is -0.131. The Bertz CT molecular complexity index is 502. The second-order valence-corrected chi connectivity index (χ2v) is 8.21. The van der Waals surface area contributed by atoms with Crippen LogP contribution in [0.4, 0.5) is 0 Å². The highest BCUT2D eigenvalue weighted by molar-refractivity contribution is 5.80. The van der Waals surface area contributed by atoms with Gasteiger partial charge in [-0.1, -0.05) is 38.0 Å². The highest BCUT2D eigenvalue weighted by Gasteiger charge is 2.52. The first-order valence-electron chi connectivity index (χ1n) is 8.77. The maximum Gasteiger partial charge on any atom is 0.328 e. The van der Waals surface area contributed by atoms with Gasteiger partial charge in [0.25, 0.3) is 0 Å². The summed E-state index contributed by atoms with van der Waals surface area (Å²) in [5.41, 5.74) is 3.25. The fraction of sp³-hybridized carbons (Fsp3) is 0.750. The molecule has 0 bridgehead atoms. The van der Waals surface area contributed by atoms with Gasteiger partial charge in [0.1, 0.15) is 0 Å². The minimum atomic E-state index is -0.819. The molecule has 0 saturated heterocycles. The first-order valence-corrected chi connectivity index (χ1v) is 8.77. The molecule has 1 N–H and O–H groups in total. The first kappa shape index (κ1) is 17.3. The molecule has 0 aromatic rings. The van der Waals surface area contributed by atoms with Crippen molar-refractivity contribution in [2.75, 3.05) is 0 Å². The molecule has 0 aliphatic heterocycles. The van der Waals surface area contributed by atoms with Crippen LogP contribution in [0.1, 0.15) is 73.1 Å². The Hall–Kier alpha value is -1.05. The number of carboxylic acids is 1. The summed E-state index contributed by atoms with van der Waals surface area (Å²) in [4.78, 5) is 10.8. The minimum Gasteiger partial charge on any atom is -0.478 e. The summed E-state index contributed by atoms with van der Waals surface area (Å²) >= 11 is 0. The van der Waals surface area contributed by atoms with Crippen molar-refractivity contribution in [3.8, 4) is 0 Å². The van der Waals surface area contributed by atoms with E-state index in [0.29, 0.717) is 16.7 Å². The van der Waals surface area contributed by atoms with Crippen LogP contribution in [0.5, 0.6) is 0 Å². The Morgan fingerprint density at radius 3 is 2.73 bits per heavy atom. The lowest BCUT2D eigenvalue weighted by Gasteiger charge is -2.58. The van der Waals surface area contributed by atoms with Gasteiger partial charge in [-0.3, -0.25) is 0 Å². The van der Waals surface area contributed by atoms with Crippen LogP contribution in [0, 0.1) is 22.7 Å². The van der Waals surface area contributed by atoms with Crippen molar-refractivity contribution in [1.82, 2.24) is 0 Å². The zero-order chi connectivity index (χ0) is 16.5. The number of carbonyl (C=O) groups is 1. The fourth-order valence-corrected chi connectivity index (χ4v) is 5.08. The predicted molar refractivity (Wildman–Crippen MR) is 91.7 cm³/mol. The molecule has 1 fully saturated rings. The zero-order valence-corrected chi connectivity index (χ0v) is 14.9. The normalized spacial score (nSPS) is 39.1. The molecule has 22 heavy (non-hydrogen) atoms. The number of hydrogen-bond donors (Lipinski definition) is 1. The van der Waals surface area contributed by atoms with Crippen LogP contribution < -0.4 is 0 Å². The third-order valence-corrected chi connectivity index (χ3v) is 7.02. The largest absolute Gasteiger partial charge is 0.478 e. The molecule has 1 saturated carbocycles. The van der Waals surface area contributed by atoms with E-state index in [-0.39, 0.29) is 0 Å². The van der Waals surface area contributed by atoms with E-state index in [0.717, 1.165) is 24.3 Å². The number of rotatable bonds is 4. The van der Waals surface area contributed by atoms with Crippen molar-refractivity contribution in [2.24, 2.45) is 22.7 Å². The van der Waals surface area contributed by atoms with Gasteiger partial charge >= 0.3 is 5.97 Å². The van der Waals surface area contributed by atoms with Crippen molar-refractivity contribution in [3.05, 3.63) is 23.3 Å². The van der Waals surface area contributed by atoms with E-state index in [2.05, 4.69) is 33.8 Å². The molecule has 2 rings (SSSR count). The van der Waals surface area contributed by atoms with Crippen LogP contribution in [0.25, 0.3) is 0 Å². The van der Waals surface area contributed by atoms with Gasteiger partial charge in [0, 0.05) is 6.08 Å². The molecule has 0 spiro atoms. The summed E-state index contributed by atoms with van der Waals surface area (Å²) in [5.74, 6) is 0.626. The van der Waals surface area contributed by atoms with Crippen LogP contribution in [0.15, 0.2) is 23.3 Å². The summed E-state index contributed by atoms with van der Waals surface area (Å²) in [6, 6.07) is 0. The molecule has 2 heteroatoms. The number of carboxylic acid groups (broad SMARTS) is 1. The monoisotopic (exact) mass is 304 g/mol. The maximum atomic E-state index is 10.8. The predicted octanol–water partition coefficient (Wildman–Crippen LogP) is 5.60. The second kappa shape index (κ2) is 6.22. The summed E-state index contributed by atoms with van der Waals surface area (Å²) in [5, 5.41) is 8.92. The molecule has 124 valence electrons. The minimum absolute atomic E-state index is 0.316. The number of allylic oxidation sites excluding steroid dienone is 3. The van der Waals surface area contributed by atoms with Gasteiger partial charge in [0.05, 0.1) is 0 Å². The molecule has 0 radical (unpaired) electrons. The van der Waals surface area contributed by atoms with Gasteiger partial charge in [-0.05, 0) is 75.0 Å². The maximum absolute atomic E-state index is 10.8. The highest BCUT2D eigenvalue weighted by atomic mass is 16.4. The lowest BCUT2D eigenvalue weighted by atomic mass is 9.47. The van der Waals surface area contributed by atoms with Crippen molar-refractivity contribution in [1.29, 1.82) is 0 Å².